The van der Waals surface area contributed by atoms with Gasteiger partial charge >= 0.3 is 6.03 Å². The zero-order valence-electron chi connectivity index (χ0n) is 11.2. The van der Waals surface area contributed by atoms with E-state index in [1.807, 2.05) is 12.1 Å². The summed E-state index contributed by atoms with van der Waals surface area (Å²) in [4.78, 5) is 14.6. The molecule has 1 aromatic carbocycles. The second-order valence-electron chi connectivity index (χ2n) is 4.32. The first-order valence-corrected chi connectivity index (χ1v) is 6.97. The van der Waals surface area contributed by atoms with E-state index in [2.05, 4.69) is 23.5 Å². The average molecular weight is 278 g/mol. The molecule has 1 N–H and O–H groups in total. The molecule has 4 nitrogen and oxygen atoms in total. The number of fused-ring (bicyclic) bond motifs is 1. The second kappa shape index (κ2) is 6.54. The van der Waals surface area contributed by atoms with Crippen LogP contribution < -0.4 is 5.32 Å². The van der Waals surface area contributed by atoms with E-state index >= 15 is 0 Å². The van der Waals surface area contributed by atoms with Crippen LogP contribution in [0.25, 0.3) is 10.1 Å². The Morgan fingerprint density at radius 1 is 1.42 bits per heavy atom. The summed E-state index contributed by atoms with van der Waals surface area (Å²) in [5.41, 5.74) is 0. The Labute approximate surface area is 117 Å². The third kappa shape index (κ3) is 3.68. The van der Waals surface area contributed by atoms with Gasteiger partial charge in [0.15, 0.2) is 0 Å². The molecular weight excluding hydrogens is 260 g/mol. The Kier molecular flexibility index (Phi) is 4.76. The number of hydrogen-bond donors (Lipinski definition) is 1. The minimum absolute atomic E-state index is 0.0745. The number of amides is 2. The average Bonchev–Trinajstić information content (AvgIpc) is 2.84. The number of thiophene rings is 1. The molecular formula is C14H18N2O2S. The smallest absolute Gasteiger partial charge is 0.317 e. The van der Waals surface area contributed by atoms with Crippen LogP contribution in [0.1, 0.15) is 4.88 Å². The molecule has 0 saturated heterocycles. The molecule has 5 heteroatoms. The van der Waals surface area contributed by atoms with E-state index < -0.39 is 0 Å². The number of carbonyl (C=O) groups is 1. The van der Waals surface area contributed by atoms with E-state index in [0.29, 0.717) is 19.7 Å². The lowest BCUT2D eigenvalue weighted by molar-refractivity contribution is 0.159. The first-order chi connectivity index (χ1) is 9.20. The molecule has 0 saturated carbocycles. The molecule has 2 aromatic rings. The van der Waals surface area contributed by atoms with Gasteiger partial charge in [0.2, 0.25) is 0 Å². The molecule has 0 bridgehead atoms. The van der Waals surface area contributed by atoms with Crippen LogP contribution in [0.4, 0.5) is 4.79 Å². The SMILES string of the molecule is COCCN(C)C(=O)NCc1cc2ccccc2s1. The van der Waals surface area contributed by atoms with E-state index in [4.69, 9.17) is 4.74 Å². The van der Waals surface area contributed by atoms with Gasteiger partial charge < -0.3 is 15.0 Å². The molecule has 2 amide bonds. The zero-order valence-corrected chi connectivity index (χ0v) is 12.0. The zero-order chi connectivity index (χ0) is 13.7. The summed E-state index contributed by atoms with van der Waals surface area (Å²) in [7, 11) is 3.39. The predicted octanol–water partition coefficient (Wildman–Crippen LogP) is 2.69. The molecule has 1 heterocycles. The van der Waals surface area contributed by atoms with Crippen molar-refractivity contribution < 1.29 is 9.53 Å². The van der Waals surface area contributed by atoms with Crippen molar-refractivity contribution in [1.29, 1.82) is 0 Å². The quantitative estimate of drug-likeness (QED) is 0.913. The number of carbonyl (C=O) groups excluding carboxylic acids is 1. The monoisotopic (exact) mass is 278 g/mol. The summed E-state index contributed by atoms with van der Waals surface area (Å²) in [5, 5.41) is 4.14. The fourth-order valence-corrected chi connectivity index (χ4v) is 2.76. The van der Waals surface area contributed by atoms with Crippen molar-refractivity contribution >= 4 is 27.5 Å². The summed E-state index contributed by atoms with van der Waals surface area (Å²) in [6.45, 7) is 1.71. The van der Waals surface area contributed by atoms with Crippen LogP contribution >= 0.6 is 11.3 Å². The van der Waals surface area contributed by atoms with Crippen molar-refractivity contribution in [2.24, 2.45) is 0 Å². The number of ether oxygens (including phenoxy) is 1. The van der Waals surface area contributed by atoms with Crippen molar-refractivity contribution in [2.75, 3.05) is 27.3 Å². The number of urea groups is 1. The minimum atomic E-state index is -0.0745. The summed E-state index contributed by atoms with van der Waals surface area (Å²) >= 11 is 1.71. The fraction of sp³-hybridized carbons (Fsp3) is 0.357. The molecule has 0 radical (unpaired) electrons. The fourth-order valence-electron chi connectivity index (χ4n) is 1.75. The molecule has 0 atom stereocenters. The standard InChI is InChI=1S/C14H18N2O2S/c1-16(7-8-18-2)14(17)15-10-12-9-11-5-3-4-6-13(11)19-12/h3-6,9H,7-8,10H2,1-2H3,(H,15,17). The van der Waals surface area contributed by atoms with Crippen LogP contribution in [0.3, 0.4) is 0 Å². The van der Waals surface area contributed by atoms with Gasteiger partial charge in [-0.05, 0) is 17.5 Å². The highest BCUT2D eigenvalue weighted by Gasteiger charge is 2.08. The number of likely N-dealkylation sites (N-methyl/N-ethyl adjacent to an activating group) is 1. The number of nitrogens with zero attached hydrogens (tertiary/aromatic N) is 1. The van der Waals surface area contributed by atoms with Gasteiger partial charge in [0.05, 0.1) is 13.2 Å². The molecule has 0 fully saturated rings. The number of benzene rings is 1. The van der Waals surface area contributed by atoms with Gasteiger partial charge in [0, 0.05) is 30.3 Å². The summed E-state index contributed by atoms with van der Waals surface area (Å²) in [6.07, 6.45) is 0. The maximum atomic E-state index is 11.8. The van der Waals surface area contributed by atoms with Crippen molar-refractivity contribution in [3.05, 3.63) is 35.2 Å². The number of hydrogen-bond acceptors (Lipinski definition) is 3. The van der Waals surface area contributed by atoms with Crippen LogP contribution in [0.5, 0.6) is 0 Å². The highest BCUT2D eigenvalue weighted by atomic mass is 32.1. The molecule has 0 unspecified atom stereocenters. The highest BCUT2D eigenvalue weighted by molar-refractivity contribution is 7.19. The highest BCUT2D eigenvalue weighted by Crippen LogP contribution is 2.24. The Morgan fingerprint density at radius 2 is 2.21 bits per heavy atom. The Balaban J connectivity index is 1.89. The normalized spacial score (nSPS) is 10.6. The van der Waals surface area contributed by atoms with Crippen LogP contribution in [-0.4, -0.2) is 38.2 Å². The summed E-state index contributed by atoms with van der Waals surface area (Å²) < 4.78 is 6.20. The third-order valence-corrected chi connectivity index (χ3v) is 3.98. The third-order valence-electron chi connectivity index (χ3n) is 2.87. The van der Waals surface area contributed by atoms with Gasteiger partial charge in [0.25, 0.3) is 0 Å². The van der Waals surface area contributed by atoms with Crippen LogP contribution in [0.15, 0.2) is 30.3 Å². The second-order valence-corrected chi connectivity index (χ2v) is 5.49. The topological polar surface area (TPSA) is 41.6 Å². The van der Waals surface area contributed by atoms with E-state index in [0.717, 1.165) is 4.88 Å². The van der Waals surface area contributed by atoms with Gasteiger partial charge in [-0.25, -0.2) is 4.79 Å². The minimum Gasteiger partial charge on any atom is -0.383 e. The van der Waals surface area contributed by atoms with E-state index in [9.17, 15) is 4.79 Å². The maximum Gasteiger partial charge on any atom is 0.317 e. The number of methoxy groups -OCH3 is 1. The van der Waals surface area contributed by atoms with E-state index in [1.54, 1.807) is 30.4 Å². The molecule has 0 aliphatic rings. The van der Waals surface area contributed by atoms with E-state index in [1.165, 1.54) is 10.1 Å². The van der Waals surface area contributed by atoms with Gasteiger partial charge in [-0.2, -0.15) is 0 Å². The Hall–Kier alpha value is -1.59. The molecule has 0 aliphatic heterocycles. The van der Waals surface area contributed by atoms with Crippen molar-refractivity contribution in [3.8, 4) is 0 Å². The predicted molar refractivity (Wildman–Crippen MR) is 78.6 cm³/mol. The lowest BCUT2D eigenvalue weighted by Gasteiger charge is -2.16. The Morgan fingerprint density at radius 3 is 2.95 bits per heavy atom. The first-order valence-electron chi connectivity index (χ1n) is 6.16. The number of rotatable bonds is 5. The van der Waals surface area contributed by atoms with Crippen molar-refractivity contribution in [3.63, 3.8) is 0 Å². The Bertz CT molecular complexity index is 520. The van der Waals surface area contributed by atoms with Crippen LogP contribution in [0.2, 0.25) is 0 Å². The van der Waals surface area contributed by atoms with Gasteiger partial charge in [-0.3, -0.25) is 0 Å². The number of nitrogens with one attached hydrogen (secondary N) is 1. The largest absolute Gasteiger partial charge is 0.383 e. The summed E-state index contributed by atoms with van der Waals surface area (Å²) in [5.74, 6) is 0. The van der Waals surface area contributed by atoms with Gasteiger partial charge in [0.1, 0.15) is 0 Å². The van der Waals surface area contributed by atoms with Gasteiger partial charge in [-0.1, -0.05) is 18.2 Å². The summed E-state index contributed by atoms with van der Waals surface area (Å²) in [6, 6.07) is 10.3. The molecule has 19 heavy (non-hydrogen) atoms. The van der Waals surface area contributed by atoms with E-state index in [-0.39, 0.29) is 6.03 Å². The molecule has 2 rings (SSSR count). The lowest BCUT2D eigenvalue weighted by Crippen LogP contribution is -2.38. The molecule has 1 aromatic heterocycles. The molecule has 0 aliphatic carbocycles. The van der Waals surface area contributed by atoms with Crippen molar-refractivity contribution in [1.82, 2.24) is 10.2 Å². The van der Waals surface area contributed by atoms with Crippen molar-refractivity contribution in [2.45, 2.75) is 6.54 Å². The molecule has 0 spiro atoms. The van der Waals surface area contributed by atoms with Crippen LogP contribution in [-0.2, 0) is 11.3 Å². The van der Waals surface area contributed by atoms with Gasteiger partial charge in [-0.15, -0.1) is 11.3 Å². The maximum absolute atomic E-state index is 11.8. The van der Waals surface area contributed by atoms with Crippen LogP contribution in [0, 0.1) is 0 Å². The first kappa shape index (κ1) is 13.8. The molecule has 102 valence electrons. The lowest BCUT2D eigenvalue weighted by atomic mass is 10.2.